The Balaban J connectivity index is 1.91. The Hall–Kier alpha value is -0.300. The van der Waals surface area contributed by atoms with Crippen LogP contribution in [0.4, 0.5) is 0 Å². The zero-order chi connectivity index (χ0) is 9.80. The molecule has 0 radical (unpaired) electrons. The summed E-state index contributed by atoms with van der Waals surface area (Å²) in [4.78, 5) is 0. The molecule has 1 fully saturated rings. The second kappa shape index (κ2) is 4.97. The fourth-order valence-corrected chi connectivity index (χ4v) is 2.54. The van der Waals surface area contributed by atoms with E-state index in [2.05, 4.69) is 6.08 Å². The van der Waals surface area contributed by atoms with Crippen LogP contribution in [0.1, 0.15) is 57.8 Å². The first-order valence-electron chi connectivity index (χ1n) is 6.25. The lowest BCUT2D eigenvalue weighted by atomic mass is 9.77. The van der Waals surface area contributed by atoms with Gasteiger partial charge in [0.05, 0.1) is 6.10 Å². The maximum atomic E-state index is 10.1. The van der Waals surface area contributed by atoms with E-state index in [0.29, 0.717) is 5.92 Å². The van der Waals surface area contributed by atoms with Crippen molar-refractivity contribution < 1.29 is 5.11 Å². The Morgan fingerprint density at radius 2 is 1.86 bits per heavy atom. The summed E-state index contributed by atoms with van der Waals surface area (Å²) in [6.07, 6.45) is 13.7. The summed E-state index contributed by atoms with van der Waals surface area (Å²) >= 11 is 0. The van der Waals surface area contributed by atoms with Gasteiger partial charge in [-0.15, -0.1) is 0 Å². The van der Waals surface area contributed by atoms with Gasteiger partial charge in [0.25, 0.3) is 0 Å². The standard InChI is InChI=1S/C13H22O/c14-13(12-9-6-10-12)11-7-4-2-1-3-5-8-11/h7,12-14H,1-6,8-10H2/b11-7+. The number of rotatable bonds is 2. The van der Waals surface area contributed by atoms with Gasteiger partial charge >= 0.3 is 0 Å². The van der Waals surface area contributed by atoms with Crippen LogP contribution in [0.3, 0.4) is 0 Å². The average Bonchev–Trinajstić information content (AvgIpc) is 1.99. The van der Waals surface area contributed by atoms with Gasteiger partial charge < -0.3 is 5.11 Å². The molecular formula is C13H22O. The Kier molecular flexibility index (Phi) is 3.63. The molecule has 2 rings (SSSR count). The fourth-order valence-electron chi connectivity index (χ4n) is 2.54. The molecule has 1 nitrogen and oxygen atoms in total. The van der Waals surface area contributed by atoms with Crippen molar-refractivity contribution in [2.75, 3.05) is 0 Å². The van der Waals surface area contributed by atoms with Crippen molar-refractivity contribution in [2.45, 2.75) is 63.9 Å². The van der Waals surface area contributed by atoms with Gasteiger partial charge in [-0.25, -0.2) is 0 Å². The molecule has 1 atom stereocenters. The molecule has 1 heteroatoms. The first kappa shape index (κ1) is 10.2. The van der Waals surface area contributed by atoms with Gasteiger partial charge in [0.1, 0.15) is 0 Å². The highest BCUT2D eigenvalue weighted by molar-refractivity contribution is 5.11. The van der Waals surface area contributed by atoms with Crippen LogP contribution in [-0.2, 0) is 0 Å². The molecule has 0 spiro atoms. The smallest absolute Gasteiger partial charge is 0.0778 e. The molecule has 0 aromatic rings. The van der Waals surface area contributed by atoms with Gasteiger partial charge in [-0.05, 0) is 50.0 Å². The van der Waals surface area contributed by atoms with Crippen molar-refractivity contribution in [2.24, 2.45) is 5.92 Å². The van der Waals surface area contributed by atoms with E-state index in [-0.39, 0.29) is 6.10 Å². The van der Waals surface area contributed by atoms with E-state index in [1.54, 1.807) is 0 Å². The van der Waals surface area contributed by atoms with E-state index in [1.165, 1.54) is 56.9 Å². The normalized spacial score (nSPS) is 30.8. The minimum atomic E-state index is -0.0955. The lowest BCUT2D eigenvalue weighted by Crippen LogP contribution is -2.28. The molecule has 1 unspecified atom stereocenters. The van der Waals surface area contributed by atoms with Crippen molar-refractivity contribution in [1.29, 1.82) is 0 Å². The zero-order valence-electron chi connectivity index (χ0n) is 9.04. The first-order valence-corrected chi connectivity index (χ1v) is 6.25. The molecule has 0 aromatic heterocycles. The van der Waals surface area contributed by atoms with Crippen molar-refractivity contribution in [3.8, 4) is 0 Å². The van der Waals surface area contributed by atoms with Gasteiger partial charge in [0, 0.05) is 0 Å². The summed E-state index contributed by atoms with van der Waals surface area (Å²) in [5.41, 5.74) is 1.36. The van der Waals surface area contributed by atoms with Gasteiger partial charge in [0.15, 0.2) is 0 Å². The quantitative estimate of drug-likeness (QED) is 0.668. The topological polar surface area (TPSA) is 20.2 Å². The molecule has 1 N–H and O–H groups in total. The number of hydrogen-bond donors (Lipinski definition) is 1. The minimum absolute atomic E-state index is 0.0955. The van der Waals surface area contributed by atoms with Crippen LogP contribution in [0, 0.1) is 5.92 Å². The highest BCUT2D eigenvalue weighted by Gasteiger charge is 2.27. The summed E-state index contributed by atoms with van der Waals surface area (Å²) < 4.78 is 0. The third-order valence-electron chi connectivity index (χ3n) is 3.80. The van der Waals surface area contributed by atoms with Crippen LogP contribution >= 0.6 is 0 Å². The van der Waals surface area contributed by atoms with Crippen molar-refractivity contribution in [1.82, 2.24) is 0 Å². The molecule has 0 bridgehead atoms. The summed E-state index contributed by atoms with van der Waals surface area (Å²) in [6.45, 7) is 0. The Morgan fingerprint density at radius 1 is 1.07 bits per heavy atom. The van der Waals surface area contributed by atoms with Crippen LogP contribution in [0.25, 0.3) is 0 Å². The monoisotopic (exact) mass is 194 g/mol. The number of hydrogen-bond acceptors (Lipinski definition) is 1. The summed E-state index contributed by atoms with van der Waals surface area (Å²) in [5.74, 6) is 0.598. The third-order valence-corrected chi connectivity index (χ3v) is 3.80. The summed E-state index contributed by atoms with van der Waals surface area (Å²) in [7, 11) is 0. The minimum Gasteiger partial charge on any atom is -0.388 e. The van der Waals surface area contributed by atoms with Crippen molar-refractivity contribution in [3.05, 3.63) is 11.6 Å². The maximum Gasteiger partial charge on any atom is 0.0778 e. The van der Waals surface area contributed by atoms with Gasteiger partial charge in [-0.1, -0.05) is 25.3 Å². The largest absolute Gasteiger partial charge is 0.388 e. The molecule has 14 heavy (non-hydrogen) atoms. The number of allylic oxidation sites excluding steroid dienone is 1. The second-order valence-electron chi connectivity index (χ2n) is 4.87. The molecule has 1 saturated carbocycles. The zero-order valence-corrected chi connectivity index (χ0v) is 9.04. The molecule has 0 saturated heterocycles. The second-order valence-corrected chi connectivity index (χ2v) is 4.87. The molecule has 2 aliphatic carbocycles. The fraction of sp³-hybridized carbons (Fsp3) is 0.846. The first-order chi connectivity index (χ1) is 6.88. The predicted octanol–water partition coefficient (Wildman–Crippen LogP) is 3.43. The van der Waals surface area contributed by atoms with Gasteiger partial charge in [0.2, 0.25) is 0 Å². The lowest BCUT2D eigenvalue weighted by Gasteiger charge is -2.32. The molecule has 2 aliphatic rings. The number of aliphatic hydroxyl groups excluding tert-OH is 1. The highest BCUT2D eigenvalue weighted by atomic mass is 16.3. The van der Waals surface area contributed by atoms with Gasteiger partial charge in [-0.2, -0.15) is 0 Å². The molecule has 0 aromatic carbocycles. The van der Waals surface area contributed by atoms with E-state index < -0.39 is 0 Å². The van der Waals surface area contributed by atoms with Gasteiger partial charge in [-0.3, -0.25) is 0 Å². The van der Waals surface area contributed by atoms with E-state index >= 15 is 0 Å². The van der Waals surface area contributed by atoms with E-state index in [0.717, 1.165) is 6.42 Å². The van der Waals surface area contributed by atoms with Crippen LogP contribution in [-0.4, -0.2) is 11.2 Å². The van der Waals surface area contributed by atoms with Crippen molar-refractivity contribution in [3.63, 3.8) is 0 Å². The van der Waals surface area contributed by atoms with E-state index in [1.807, 2.05) is 0 Å². The van der Waals surface area contributed by atoms with Crippen LogP contribution in [0.15, 0.2) is 11.6 Å². The lowest BCUT2D eigenvalue weighted by molar-refractivity contribution is 0.0876. The molecule has 0 heterocycles. The molecule has 0 aliphatic heterocycles. The van der Waals surface area contributed by atoms with Crippen LogP contribution < -0.4 is 0 Å². The van der Waals surface area contributed by atoms with Crippen molar-refractivity contribution >= 4 is 0 Å². The number of aliphatic hydroxyl groups is 1. The van der Waals surface area contributed by atoms with Crippen LogP contribution in [0.2, 0.25) is 0 Å². The Bertz CT molecular complexity index is 203. The summed E-state index contributed by atoms with van der Waals surface area (Å²) in [5, 5.41) is 10.1. The van der Waals surface area contributed by atoms with E-state index in [9.17, 15) is 5.11 Å². The molecular weight excluding hydrogens is 172 g/mol. The Labute approximate surface area is 87.2 Å². The Morgan fingerprint density at radius 3 is 2.57 bits per heavy atom. The third kappa shape index (κ3) is 2.38. The molecule has 0 amide bonds. The maximum absolute atomic E-state index is 10.1. The van der Waals surface area contributed by atoms with E-state index in [4.69, 9.17) is 0 Å². The predicted molar refractivity (Wildman–Crippen MR) is 59.1 cm³/mol. The average molecular weight is 194 g/mol. The SMILES string of the molecule is OC(/C1=C/CCCCCC1)C1CCC1. The summed E-state index contributed by atoms with van der Waals surface area (Å²) in [6, 6.07) is 0. The molecule has 80 valence electrons. The highest BCUT2D eigenvalue weighted by Crippen LogP contribution is 2.34. The van der Waals surface area contributed by atoms with Crippen LogP contribution in [0.5, 0.6) is 0 Å².